The molecule has 3 N–H and O–H groups in total. The van der Waals surface area contributed by atoms with Crippen LogP contribution in [-0.2, 0) is 0 Å². The van der Waals surface area contributed by atoms with Crippen LogP contribution in [0.15, 0.2) is 24.4 Å². The van der Waals surface area contributed by atoms with Crippen LogP contribution in [0.1, 0.15) is 18.8 Å². The highest BCUT2D eigenvalue weighted by molar-refractivity contribution is 6.43. The van der Waals surface area contributed by atoms with Gasteiger partial charge in [-0.05, 0) is 13.0 Å². The second-order valence-electron chi connectivity index (χ2n) is 3.57. The molecule has 0 spiro atoms. The second-order valence-corrected chi connectivity index (χ2v) is 4.36. The molecular formula is C11H11Cl2N3. The number of hydrogen-bond acceptors (Lipinski definition) is 2. The monoisotopic (exact) mass is 255 g/mol. The van der Waals surface area contributed by atoms with Gasteiger partial charge in [-0.15, -0.1) is 0 Å². The van der Waals surface area contributed by atoms with Crippen LogP contribution in [0, 0.1) is 0 Å². The summed E-state index contributed by atoms with van der Waals surface area (Å²) in [6, 6.07) is 5.34. The standard InChI is InChI=1S/C11H11Cl2N3/c1-6(14)11-15-5-9(16-11)7-3-2-4-8(12)10(7)13/h2-6H,14H2,1H3,(H,15,16). The van der Waals surface area contributed by atoms with Gasteiger partial charge in [0.15, 0.2) is 0 Å². The molecule has 0 aliphatic heterocycles. The number of nitrogens with zero attached hydrogens (tertiary/aromatic N) is 1. The summed E-state index contributed by atoms with van der Waals surface area (Å²) in [6.45, 7) is 1.86. The van der Waals surface area contributed by atoms with Crippen molar-refractivity contribution in [1.29, 1.82) is 0 Å². The van der Waals surface area contributed by atoms with Crippen molar-refractivity contribution < 1.29 is 0 Å². The predicted molar refractivity (Wildman–Crippen MR) is 66.6 cm³/mol. The number of aromatic nitrogens is 2. The van der Waals surface area contributed by atoms with Crippen LogP contribution in [0.5, 0.6) is 0 Å². The van der Waals surface area contributed by atoms with Crippen LogP contribution >= 0.6 is 23.2 Å². The minimum atomic E-state index is -0.133. The first-order chi connectivity index (χ1) is 7.59. The summed E-state index contributed by atoms with van der Waals surface area (Å²) in [4.78, 5) is 7.30. The van der Waals surface area contributed by atoms with E-state index in [1.807, 2.05) is 19.1 Å². The topological polar surface area (TPSA) is 54.7 Å². The van der Waals surface area contributed by atoms with Gasteiger partial charge in [0.1, 0.15) is 5.82 Å². The van der Waals surface area contributed by atoms with Gasteiger partial charge in [-0.3, -0.25) is 0 Å². The Morgan fingerprint density at radius 1 is 1.38 bits per heavy atom. The lowest BCUT2D eigenvalue weighted by atomic mass is 10.2. The van der Waals surface area contributed by atoms with E-state index < -0.39 is 0 Å². The number of rotatable bonds is 2. The molecule has 1 heterocycles. The third-order valence-electron chi connectivity index (χ3n) is 2.27. The van der Waals surface area contributed by atoms with Gasteiger partial charge in [-0.1, -0.05) is 35.3 Å². The lowest BCUT2D eigenvalue weighted by molar-refractivity contribution is 0.756. The predicted octanol–water partition coefficient (Wildman–Crippen LogP) is 3.40. The van der Waals surface area contributed by atoms with Gasteiger partial charge in [-0.25, -0.2) is 4.98 Å². The fraction of sp³-hybridized carbons (Fsp3) is 0.182. The van der Waals surface area contributed by atoms with Gasteiger partial charge in [-0.2, -0.15) is 0 Å². The number of aromatic amines is 1. The Bertz CT molecular complexity index is 506. The normalized spacial score (nSPS) is 12.8. The molecule has 0 aliphatic carbocycles. The first-order valence-electron chi connectivity index (χ1n) is 4.84. The van der Waals surface area contributed by atoms with Crippen LogP contribution in [0.3, 0.4) is 0 Å². The molecule has 5 heteroatoms. The number of H-pyrrole nitrogens is 1. The number of imidazole rings is 1. The van der Waals surface area contributed by atoms with Crippen molar-refractivity contribution in [3.63, 3.8) is 0 Å². The van der Waals surface area contributed by atoms with Gasteiger partial charge < -0.3 is 10.7 Å². The van der Waals surface area contributed by atoms with E-state index >= 15 is 0 Å². The van der Waals surface area contributed by atoms with Gasteiger partial charge in [0.2, 0.25) is 0 Å². The number of nitrogens with two attached hydrogens (primary N) is 1. The third-order valence-corrected chi connectivity index (χ3v) is 3.09. The number of benzene rings is 1. The summed E-state index contributed by atoms with van der Waals surface area (Å²) in [7, 11) is 0. The lowest BCUT2D eigenvalue weighted by Crippen LogP contribution is -2.06. The van der Waals surface area contributed by atoms with Crippen molar-refractivity contribution in [2.75, 3.05) is 0 Å². The number of hydrogen-bond donors (Lipinski definition) is 2. The molecule has 2 aromatic rings. The summed E-state index contributed by atoms with van der Waals surface area (Å²) in [5, 5.41) is 1.04. The Hall–Kier alpha value is -1.03. The quantitative estimate of drug-likeness (QED) is 0.865. The summed E-state index contributed by atoms with van der Waals surface area (Å²) < 4.78 is 0. The molecule has 1 unspecified atom stereocenters. The van der Waals surface area contributed by atoms with Crippen molar-refractivity contribution in [3.05, 3.63) is 40.3 Å². The molecule has 2 rings (SSSR count). The molecule has 0 radical (unpaired) electrons. The fourth-order valence-corrected chi connectivity index (χ4v) is 1.82. The summed E-state index contributed by atoms with van der Waals surface area (Å²) in [5.74, 6) is 0.728. The Labute approximate surface area is 104 Å². The van der Waals surface area contributed by atoms with E-state index in [1.54, 1.807) is 12.3 Å². The molecule has 84 valence electrons. The van der Waals surface area contributed by atoms with Gasteiger partial charge in [0.25, 0.3) is 0 Å². The van der Waals surface area contributed by atoms with E-state index in [0.29, 0.717) is 10.0 Å². The number of halogens is 2. The first kappa shape index (κ1) is 11.5. The second kappa shape index (κ2) is 4.45. The van der Waals surface area contributed by atoms with Crippen molar-refractivity contribution in [3.8, 4) is 11.3 Å². The van der Waals surface area contributed by atoms with Gasteiger partial charge >= 0.3 is 0 Å². The van der Waals surface area contributed by atoms with Crippen LogP contribution in [0.4, 0.5) is 0 Å². The molecule has 1 aromatic heterocycles. The van der Waals surface area contributed by atoms with Crippen molar-refractivity contribution in [2.45, 2.75) is 13.0 Å². The van der Waals surface area contributed by atoms with Crippen LogP contribution in [0.25, 0.3) is 11.3 Å². The Morgan fingerprint density at radius 2 is 2.12 bits per heavy atom. The SMILES string of the molecule is CC(N)c1ncc(-c2cccc(Cl)c2Cl)[nH]1. The van der Waals surface area contributed by atoms with Crippen LogP contribution in [0.2, 0.25) is 10.0 Å². The summed E-state index contributed by atoms with van der Waals surface area (Å²) in [6.07, 6.45) is 1.70. The zero-order chi connectivity index (χ0) is 11.7. The Kier molecular flexibility index (Phi) is 3.19. The van der Waals surface area contributed by atoms with E-state index in [-0.39, 0.29) is 6.04 Å². The van der Waals surface area contributed by atoms with E-state index in [4.69, 9.17) is 28.9 Å². The maximum atomic E-state index is 6.11. The molecule has 0 aliphatic rings. The molecule has 3 nitrogen and oxygen atoms in total. The van der Waals surface area contributed by atoms with Crippen molar-refractivity contribution in [2.24, 2.45) is 5.73 Å². The van der Waals surface area contributed by atoms with Crippen LogP contribution in [-0.4, -0.2) is 9.97 Å². The maximum absolute atomic E-state index is 6.11. The molecule has 0 saturated carbocycles. The average molecular weight is 256 g/mol. The van der Waals surface area contributed by atoms with Crippen molar-refractivity contribution >= 4 is 23.2 Å². The number of nitrogens with one attached hydrogen (secondary N) is 1. The molecule has 0 bridgehead atoms. The average Bonchev–Trinajstić information content (AvgIpc) is 2.71. The molecule has 1 aromatic carbocycles. The summed E-state index contributed by atoms with van der Waals surface area (Å²) >= 11 is 12.0. The zero-order valence-corrected chi connectivity index (χ0v) is 10.2. The largest absolute Gasteiger partial charge is 0.341 e. The molecule has 16 heavy (non-hydrogen) atoms. The highest BCUT2D eigenvalue weighted by Gasteiger charge is 2.10. The Balaban J connectivity index is 2.47. The minimum Gasteiger partial charge on any atom is -0.341 e. The molecule has 0 saturated heterocycles. The van der Waals surface area contributed by atoms with E-state index in [0.717, 1.165) is 17.1 Å². The molecule has 0 amide bonds. The van der Waals surface area contributed by atoms with Gasteiger partial charge in [0, 0.05) is 5.56 Å². The lowest BCUT2D eigenvalue weighted by Gasteiger charge is -2.03. The fourth-order valence-electron chi connectivity index (χ4n) is 1.42. The maximum Gasteiger partial charge on any atom is 0.123 e. The molecule has 0 fully saturated rings. The first-order valence-corrected chi connectivity index (χ1v) is 5.60. The minimum absolute atomic E-state index is 0.133. The Morgan fingerprint density at radius 3 is 2.75 bits per heavy atom. The smallest absolute Gasteiger partial charge is 0.123 e. The van der Waals surface area contributed by atoms with Crippen LogP contribution < -0.4 is 5.73 Å². The highest BCUT2D eigenvalue weighted by atomic mass is 35.5. The molecule has 1 atom stereocenters. The third kappa shape index (κ3) is 2.07. The van der Waals surface area contributed by atoms with Crippen molar-refractivity contribution in [1.82, 2.24) is 9.97 Å². The zero-order valence-electron chi connectivity index (χ0n) is 8.67. The van der Waals surface area contributed by atoms with E-state index in [1.165, 1.54) is 0 Å². The molecular weight excluding hydrogens is 245 g/mol. The van der Waals surface area contributed by atoms with E-state index in [9.17, 15) is 0 Å². The van der Waals surface area contributed by atoms with E-state index in [2.05, 4.69) is 9.97 Å². The summed E-state index contributed by atoms with van der Waals surface area (Å²) in [5.41, 5.74) is 7.37. The highest BCUT2D eigenvalue weighted by Crippen LogP contribution is 2.32. The van der Waals surface area contributed by atoms with Gasteiger partial charge in [0.05, 0.1) is 28.0 Å².